The highest BCUT2D eigenvalue weighted by molar-refractivity contribution is 5.74. The van der Waals surface area contributed by atoms with Crippen LogP contribution in [0, 0.1) is 5.92 Å². The largest absolute Gasteiger partial charge is 0.491 e. The monoisotopic (exact) mass is 320 g/mol. The molecule has 23 heavy (non-hydrogen) atoms. The molecule has 0 radical (unpaired) electrons. The minimum absolute atomic E-state index is 0.101. The lowest BCUT2D eigenvalue weighted by molar-refractivity contribution is 0.113. The van der Waals surface area contributed by atoms with Crippen molar-refractivity contribution < 1.29 is 14.6 Å². The summed E-state index contributed by atoms with van der Waals surface area (Å²) in [6.45, 7) is 6.30. The number of aliphatic hydroxyl groups is 1. The van der Waals surface area contributed by atoms with Gasteiger partial charge in [-0.05, 0) is 57.2 Å². The fourth-order valence-corrected chi connectivity index (χ4v) is 2.48. The Kier molecular flexibility index (Phi) is 5.88. The van der Waals surface area contributed by atoms with E-state index in [9.17, 15) is 9.90 Å². The quantitative estimate of drug-likeness (QED) is 0.812. The number of ether oxygens (including phenoxy) is 1. The van der Waals surface area contributed by atoms with E-state index in [2.05, 4.69) is 5.32 Å². The van der Waals surface area contributed by atoms with E-state index in [-0.39, 0.29) is 18.2 Å². The van der Waals surface area contributed by atoms with Crippen LogP contribution in [-0.4, -0.2) is 41.8 Å². The van der Waals surface area contributed by atoms with Gasteiger partial charge < -0.3 is 20.1 Å². The summed E-state index contributed by atoms with van der Waals surface area (Å²) in [6, 6.07) is 7.48. The van der Waals surface area contributed by atoms with Crippen LogP contribution in [0.1, 0.15) is 45.2 Å². The van der Waals surface area contributed by atoms with Gasteiger partial charge in [0.25, 0.3) is 0 Å². The van der Waals surface area contributed by atoms with E-state index in [4.69, 9.17) is 4.74 Å². The van der Waals surface area contributed by atoms with Gasteiger partial charge in [0.1, 0.15) is 5.75 Å². The van der Waals surface area contributed by atoms with Gasteiger partial charge in [0.15, 0.2) is 0 Å². The van der Waals surface area contributed by atoms with Gasteiger partial charge in [-0.15, -0.1) is 0 Å². The maximum Gasteiger partial charge on any atom is 0.317 e. The molecule has 2 unspecified atom stereocenters. The Morgan fingerprint density at radius 1 is 1.30 bits per heavy atom. The van der Waals surface area contributed by atoms with Crippen LogP contribution in [0.2, 0.25) is 0 Å². The second-order valence-electron chi connectivity index (χ2n) is 6.69. The van der Waals surface area contributed by atoms with Crippen molar-refractivity contribution in [3.8, 4) is 5.75 Å². The van der Waals surface area contributed by atoms with E-state index in [1.165, 1.54) is 0 Å². The second kappa shape index (κ2) is 7.68. The molecule has 1 aromatic carbocycles. The van der Waals surface area contributed by atoms with Crippen LogP contribution in [0.15, 0.2) is 24.3 Å². The molecule has 1 saturated carbocycles. The molecule has 5 nitrogen and oxygen atoms in total. The minimum Gasteiger partial charge on any atom is -0.491 e. The maximum absolute atomic E-state index is 12.2. The van der Waals surface area contributed by atoms with Crippen LogP contribution in [0.3, 0.4) is 0 Å². The molecular formula is C18H28N2O3. The predicted octanol–water partition coefficient (Wildman–Crippen LogP) is 2.95. The van der Waals surface area contributed by atoms with Crippen LogP contribution >= 0.6 is 0 Å². The SMILES string of the molecule is CC(C)Oc1ccc(C(C)NC(=O)N(C)CC(O)C2CC2)cc1. The molecule has 2 N–H and O–H groups in total. The molecule has 0 spiro atoms. The number of likely N-dealkylation sites (N-methyl/N-ethyl adjacent to an activating group) is 1. The molecule has 5 heteroatoms. The summed E-state index contributed by atoms with van der Waals surface area (Å²) < 4.78 is 5.62. The van der Waals surface area contributed by atoms with Gasteiger partial charge in [-0.1, -0.05) is 12.1 Å². The molecule has 0 aromatic heterocycles. The third-order valence-corrected chi connectivity index (χ3v) is 4.07. The number of nitrogens with zero attached hydrogens (tertiary/aromatic N) is 1. The van der Waals surface area contributed by atoms with E-state index in [0.29, 0.717) is 12.5 Å². The van der Waals surface area contributed by atoms with Crippen molar-refractivity contribution in [3.63, 3.8) is 0 Å². The molecule has 0 heterocycles. The van der Waals surface area contributed by atoms with Crippen molar-refractivity contribution in [2.45, 2.75) is 51.9 Å². The normalized spacial score (nSPS) is 16.8. The first-order valence-electron chi connectivity index (χ1n) is 8.33. The van der Waals surface area contributed by atoms with Crippen LogP contribution in [0.4, 0.5) is 4.79 Å². The first-order valence-corrected chi connectivity index (χ1v) is 8.33. The van der Waals surface area contributed by atoms with Crippen LogP contribution in [0.5, 0.6) is 5.75 Å². The zero-order valence-electron chi connectivity index (χ0n) is 14.5. The Morgan fingerprint density at radius 2 is 1.91 bits per heavy atom. The predicted molar refractivity (Wildman–Crippen MR) is 90.5 cm³/mol. The van der Waals surface area contributed by atoms with Crippen molar-refractivity contribution in [3.05, 3.63) is 29.8 Å². The molecule has 2 amide bonds. The summed E-state index contributed by atoms with van der Waals surface area (Å²) in [7, 11) is 1.72. The Bertz CT molecular complexity index is 512. The maximum atomic E-state index is 12.2. The molecule has 1 aliphatic carbocycles. The molecule has 0 saturated heterocycles. The van der Waals surface area contributed by atoms with E-state index in [1.807, 2.05) is 45.0 Å². The van der Waals surface area contributed by atoms with Gasteiger partial charge in [0, 0.05) is 13.6 Å². The first-order chi connectivity index (χ1) is 10.9. The number of hydrogen-bond donors (Lipinski definition) is 2. The second-order valence-corrected chi connectivity index (χ2v) is 6.69. The molecule has 2 rings (SSSR count). The Morgan fingerprint density at radius 3 is 2.43 bits per heavy atom. The molecule has 1 fully saturated rings. The number of nitrogens with one attached hydrogen (secondary N) is 1. The highest BCUT2D eigenvalue weighted by atomic mass is 16.5. The minimum atomic E-state index is -0.409. The third kappa shape index (κ3) is 5.43. The van der Waals surface area contributed by atoms with Gasteiger partial charge in [0.2, 0.25) is 0 Å². The summed E-state index contributed by atoms with van der Waals surface area (Å²) in [4.78, 5) is 13.7. The van der Waals surface area contributed by atoms with Gasteiger partial charge in [-0.3, -0.25) is 0 Å². The molecule has 2 atom stereocenters. The lowest BCUT2D eigenvalue weighted by atomic mass is 10.1. The lowest BCUT2D eigenvalue weighted by Gasteiger charge is -2.24. The fourth-order valence-electron chi connectivity index (χ4n) is 2.48. The average molecular weight is 320 g/mol. The van der Waals surface area contributed by atoms with E-state index in [1.54, 1.807) is 11.9 Å². The molecule has 0 aliphatic heterocycles. The number of carbonyl (C=O) groups is 1. The van der Waals surface area contributed by atoms with Gasteiger partial charge in [-0.25, -0.2) is 4.79 Å². The highest BCUT2D eigenvalue weighted by Gasteiger charge is 2.31. The van der Waals surface area contributed by atoms with Gasteiger partial charge >= 0.3 is 6.03 Å². The molecule has 0 bridgehead atoms. The van der Waals surface area contributed by atoms with Crippen LogP contribution in [-0.2, 0) is 0 Å². The Balaban J connectivity index is 1.84. The van der Waals surface area contributed by atoms with Gasteiger partial charge in [0.05, 0.1) is 18.2 Å². The summed E-state index contributed by atoms with van der Waals surface area (Å²) in [6.07, 6.45) is 1.87. The lowest BCUT2D eigenvalue weighted by Crippen LogP contribution is -2.42. The number of carbonyl (C=O) groups excluding carboxylic acids is 1. The standard InChI is InChI=1S/C18H28N2O3/c1-12(2)23-16-9-7-14(8-10-16)13(3)19-18(22)20(4)11-17(21)15-5-6-15/h7-10,12-13,15,17,21H,5-6,11H2,1-4H3,(H,19,22). The number of aliphatic hydroxyl groups excluding tert-OH is 1. The number of urea groups is 1. The summed E-state index contributed by atoms with van der Waals surface area (Å²) in [5.74, 6) is 1.20. The van der Waals surface area contributed by atoms with E-state index in [0.717, 1.165) is 24.2 Å². The van der Waals surface area contributed by atoms with Crippen molar-refractivity contribution in [1.29, 1.82) is 0 Å². The zero-order chi connectivity index (χ0) is 17.0. The number of amides is 2. The van der Waals surface area contributed by atoms with Gasteiger partial charge in [-0.2, -0.15) is 0 Å². The Labute approximate surface area is 138 Å². The van der Waals surface area contributed by atoms with Crippen molar-refractivity contribution >= 4 is 6.03 Å². The third-order valence-electron chi connectivity index (χ3n) is 4.07. The fraction of sp³-hybridized carbons (Fsp3) is 0.611. The number of hydrogen-bond acceptors (Lipinski definition) is 3. The number of rotatable bonds is 7. The summed E-state index contributed by atoms with van der Waals surface area (Å²) in [5.41, 5.74) is 1.02. The smallest absolute Gasteiger partial charge is 0.317 e. The Hall–Kier alpha value is -1.75. The molecular weight excluding hydrogens is 292 g/mol. The van der Waals surface area contributed by atoms with Crippen LogP contribution < -0.4 is 10.1 Å². The van der Waals surface area contributed by atoms with Crippen molar-refractivity contribution in [2.24, 2.45) is 5.92 Å². The summed E-state index contributed by atoms with van der Waals surface area (Å²) in [5, 5.41) is 12.9. The van der Waals surface area contributed by atoms with Crippen LogP contribution in [0.25, 0.3) is 0 Å². The summed E-state index contributed by atoms with van der Waals surface area (Å²) >= 11 is 0. The topological polar surface area (TPSA) is 61.8 Å². The van der Waals surface area contributed by atoms with Crippen molar-refractivity contribution in [2.75, 3.05) is 13.6 Å². The van der Waals surface area contributed by atoms with E-state index < -0.39 is 6.10 Å². The first kappa shape index (κ1) is 17.6. The van der Waals surface area contributed by atoms with E-state index >= 15 is 0 Å². The van der Waals surface area contributed by atoms with Crippen molar-refractivity contribution in [1.82, 2.24) is 10.2 Å². The zero-order valence-corrected chi connectivity index (χ0v) is 14.5. The average Bonchev–Trinajstić information content (AvgIpc) is 3.31. The number of benzene rings is 1. The molecule has 1 aromatic rings. The molecule has 128 valence electrons. The molecule has 1 aliphatic rings. The highest BCUT2D eigenvalue weighted by Crippen LogP contribution is 2.32.